The summed E-state index contributed by atoms with van der Waals surface area (Å²) in [4.78, 5) is 8.77. The Morgan fingerprint density at radius 3 is 2.62 bits per heavy atom. The molecule has 3 rings (SSSR count). The SMILES string of the molecule is Clc1ccc(CNc2nccc(NC3CCCC3)n2)cc1. The van der Waals surface area contributed by atoms with Crippen molar-refractivity contribution >= 4 is 23.4 Å². The Hall–Kier alpha value is -1.81. The van der Waals surface area contributed by atoms with E-state index in [-0.39, 0.29) is 0 Å². The van der Waals surface area contributed by atoms with Crippen LogP contribution in [-0.2, 0) is 6.54 Å². The molecule has 110 valence electrons. The van der Waals surface area contributed by atoms with Gasteiger partial charge in [0.05, 0.1) is 0 Å². The Morgan fingerprint density at radius 2 is 1.86 bits per heavy atom. The second kappa shape index (κ2) is 6.76. The van der Waals surface area contributed by atoms with Crippen LogP contribution >= 0.6 is 11.6 Å². The van der Waals surface area contributed by atoms with Gasteiger partial charge in [-0.2, -0.15) is 4.98 Å². The van der Waals surface area contributed by atoms with Crippen molar-refractivity contribution in [1.29, 1.82) is 0 Å². The van der Waals surface area contributed by atoms with Gasteiger partial charge in [-0.25, -0.2) is 4.98 Å². The second-order valence-electron chi connectivity index (χ2n) is 5.37. The fourth-order valence-corrected chi connectivity index (χ4v) is 2.71. The van der Waals surface area contributed by atoms with Gasteiger partial charge in [-0.1, -0.05) is 36.6 Å². The molecule has 2 N–H and O–H groups in total. The minimum atomic E-state index is 0.559. The minimum Gasteiger partial charge on any atom is -0.367 e. The molecule has 21 heavy (non-hydrogen) atoms. The molecule has 1 heterocycles. The number of hydrogen-bond donors (Lipinski definition) is 2. The zero-order valence-corrected chi connectivity index (χ0v) is 12.6. The number of anilines is 2. The first-order chi connectivity index (χ1) is 10.3. The molecule has 0 amide bonds. The van der Waals surface area contributed by atoms with Crippen molar-refractivity contribution < 1.29 is 0 Å². The number of nitrogens with one attached hydrogen (secondary N) is 2. The highest BCUT2D eigenvalue weighted by Crippen LogP contribution is 2.21. The van der Waals surface area contributed by atoms with E-state index in [2.05, 4.69) is 20.6 Å². The summed E-state index contributed by atoms with van der Waals surface area (Å²) in [5.41, 5.74) is 1.15. The van der Waals surface area contributed by atoms with Crippen LogP contribution in [0.4, 0.5) is 11.8 Å². The molecule has 5 heteroatoms. The first kappa shape index (κ1) is 14.1. The second-order valence-corrected chi connectivity index (χ2v) is 5.81. The van der Waals surface area contributed by atoms with Gasteiger partial charge in [-0.05, 0) is 36.6 Å². The number of halogens is 1. The maximum absolute atomic E-state index is 5.88. The van der Waals surface area contributed by atoms with Gasteiger partial charge in [0.2, 0.25) is 5.95 Å². The van der Waals surface area contributed by atoms with E-state index in [9.17, 15) is 0 Å². The summed E-state index contributed by atoms with van der Waals surface area (Å²) in [6.45, 7) is 0.685. The molecule has 2 aromatic rings. The highest BCUT2D eigenvalue weighted by atomic mass is 35.5. The minimum absolute atomic E-state index is 0.559. The lowest BCUT2D eigenvalue weighted by atomic mass is 10.2. The van der Waals surface area contributed by atoms with Crippen LogP contribution < -0.4 is 10.6 Å². The molecule has 1 fully saturated rings. The maximum atomic E-state index is 5.88. The molecule has 0 radical (unpaired) electrons. The average molecular weight is 303 g/mol. The molecular weight excluding hydrogens is 284 g/mol. The van der Waals surface area contributed by atoms with E-state index in [1.807, 2.05) is 30.3 Å². The molecule has 0 unspecified atom stereocenters. The molecule has 1 aromatic carbocycles. The molecule has 0 spiro atoms. The van der Waals surface area contributed by atoms with Crippen LogP contribution in [0.25, 0.3) is 0 Å². The summed E-state index contributed by atoms with van der Waals surface area (Å²) in [6, 6.07) is 10.2. The molecule has 0 bridgehead atoms. The van der Waals surface area contributed by atoms with E-state index >= 15 is 0 Å². The summed E-state index contributed by atoms with van der Waals surface area (Å²) < 4.78 is 0. The Morgan fingerprint density at radius 1 is 1.10 bits per heavy atom. The van der Waals surface area contributed by atoms with Gasteiger partial charge in [0.25, 0.3) is 0 Å². The molecule has 4 nitrogen and oxygen atoms in total. The van der Waals surface area contributed by atoms with Crippen molar-refractivity contribution in [2.45, 2.75) is 38.3 Å². The standard InChI is InChI=1S/C16H19ClN4/c17-13-7-5-12(6-8-13)11-19-16-18-10-9-15(21-16)20-14-3-1-2-4-14/h5-10,14H,1-4,11H2,(H2,18,19,20,21). The number of nitrogens with zero attached hydrogens (tertiary/aromatic N) is 2. The summed E-state index contributed by atoms with van der Waals surface area (Å²) in [5.74, 6) is 1.54. The van der Waals surface area contributed by atoms with Crippen molar-refractivity contribution in [3.8, 4) is 0 Å². The van der Waals surface area contributed by atoms with E-state index in [1.54, 1.807) is 6.20 Å². The van der Waals surface area contributed by atoms with Crippen molar-refractivity contribution in [2.24, 2.45) is 0 Å². The molecule has 0 saturated heterocycles. The van der Waals surface area contributed by atoms with Crippen molar-refractivity contribution in [3.63, 3.8) is 0 Å². The van der Waals surface area contributed by atoms with Crippen LogP contribution in [0.1, 0.15) is 31.2 Å². The van der Waals surface area contributed by atoms with Crippen molar-refractivity contribution in [1.82, 2.24) is 9.97 Å². The molecule has 1 saturated carbocycles. The third-order valence-corrected chi connectivity index (χ3v) is 3.98. The maximum Gasteiger partial charge on any atom is 0.224 e. The van der Waals surface area contributed by atoms with Gasteiger partial charge >= 0.3 is 0 Å². The highest BCUT2D eigenvalue weighted by Gasteiger charge is 2.14. The Kier molecular flexibility index (Phi) is 4.55. The van der Waals surface area contributed by atoms with E-state index < -0.39 is 0 Å². The van der Waals surface area contributed by atoms with Gasteiger partial charge in [0.15, 0.2) is 0 Å². The van der Waals surface area contributed by atoms with Gasteiger partial charge in [-0.3, -0.25) is 0 Å². The van der Waals surface area contributed by atoms with Crippen LogP contribution in [0.5, 0.6) is 0 Å². The topological polar surface area (TPSA) is 49.8 Å². The molecular formula is C16H19ClN4. The molecule has 1 aliphatic rings. The van der Waals surface area contributed by atoms with E-state index in [0.717, 1.165) is 16.4 Å². The molecule has 1 aliphatic carbocycles. The average Bonchev–Trinajstić information content (AvgIpc) is 3.00. The zero-order chi connectivity index (χ0) is 14.5. The Labute approximate surface area is 130 Å². The fourth-order valence-electron chi connectivity index (χ4n) is 2.59. The van der Waals surface area contributed by atoms with Crippen LogP contribution in [-0.4, -0.2) is 16.0 Å². The largest absolute Gasteiger partial charge is 0.367 e. The quantitative estimate of drug-likeness (QED) is 0.873. The number of rotatable bonds is 5. The molecule has 1 aromatic heterocycles. The molecule has 0 atom stereocenters. The predicted octanol–water partition coefficient (Wildman–Crippen LogP) is 4.10. The lowest BCUT2D eigenvalue weighted by molar-refractivity contribution is 0.750. The third kappa shape index (κ3) is 4.08. The van der Waals surface area contributed by atoms with Crippen molar-refractivity contribution in [3.05, 3.63) is 47.1 Å². The monoisotopic (exact) mass is 302 g/mol. The smallest absolute Gasteiger partial charge is 0.224 e. The fraction of sp³-hybridized carbons (Fsp3) is 0.375. The van der Waals surface area contributed by atoms with Crippen LogP contribution in [0.15, 0.2) is 36.5 Å². The normalized spacial score (nSPS) is 15.1. The summed E-state index contributed by atoms with van der Waals surface area (Å²) >= 11 is 5.88. The van der Waals surface area contributed by atoms with Crippen LogP contribution in [0, 0.1) is 0 Å². The Bertz CT molecular complexity index is 579. The summed E-state index contributed by atoms with van der Waals surface area (Å²) in [7, 11) is 0. The number of hydrogen-bond acceptors (Lipinski definition) is 4. The lowest BCUT2D eigenvalue weighted by Gasteiger charge is -2.13. The van der Waals surface area contributed by atoms with E-state index in [4.69, 9.17) is 11.6 Å². The van der Waals surface area contributed by atoms with Gasteiger partial charge in [0, 0.05) is 23.8 Å². The lowest BCUT2D eigenvalue weighted by Crippen LogP contribution is -2.16. The Balaban J connectivity index is 1.58. The highest BCUT2D eigenvalue weighted by molar-refractivity contribution is 6.30. The van der Waals surface area contributed by atoms with E-state index in [0.29, 0.717) is 18.5 Å². The van der Waals surface area contributed by atoms with Crippen LogP contribution in [0.3, 0.4) is 0 Å². The van der Waals surface area contributed by atoms with Gasteiger partial charge in [-0.15, -0.1) is 0 Å². The first-order valence-corrected chi connectivity index (χ1v) is 7.75. The van der Waals surface area contributed by atoms with Crippen LogP contribution in [0.2, 0.25) is 5.02 Å². The number of benzene rings is 1. The van der Waals surface area contributed by atoms with Gasteiger partial charge < -0.3 is 10.6 Å². The summed E-state index contributed by atoms with van der Waals surface area (Å²) in [5, 5.41) is 7.47. The third-order valence-electron chi connectivity index (χ3n) is 3.73. The zero-order valence-electron chi connectivity index (χ0n) is 11.8. The molecule has 0 aliphatic heterocycles. The first-order valence-electron chi connectivity index (χ1n) is 7.37. The van der Waals surface area contributed by atoms with E-state index in [1.165, 1.54) is 25.7 Å². The van der Waals surface area contributed by atoms with Crippen molar-refractivity contribution in [2.75, 3.05) is 10.6 Å². The van der Waals surface area contributed by atoms with Gasteiger partial charge in [0.1, 0.15) is 5.82 Å². The summed E-state index contributed by atoms with van der Waals surface area (Å²) in [6.07, 6.45) is 6.87. The predicted molar refractivity (Wildman–Crippen MR) is 86.7 cm³/mol. The number of aromatic nitrogens is 2.